The molecule has 0 spiro atoms. The minimum absolute atomic E-state index is 0.114. The van der Waals surface area contributed by atoms with Crippen molar-refractivity contribution < 1.29 is 45.8 Å². The van der Waals surface area contributed by atoms with Crippen LogP contribution in [0.25, 0.3) is 0 Å². The van der Waals surface area contributed by atoms with Crippen molar-refractivity contribution in [3.05, 3.63) is 34.9 Å². The molecule has 0 saturated heterocycles. The van der Waals surface area contributed by atoms with Crippen molar-refractivity contribution in [2.45, 2.75) is 44.6 Å². The van der Waals surface area contributed by atoms with Crippen LogP contribution in [-0.4, -0.2) is 28.8 Å². The van der Waals surface area contributed by atoms with E-state index < -0.39 is 47.0 Å². The second-order valence-corrected chi connectivity index (χ2v) is 5.59. The van der Waals surface area contributed by atoms with E-state index in [1.165, 1.54) is 6.92 Å². The van der Waals surface area contributed by atoms with Gasteiger partial charge in [-0.25, -0.2) is 4.79 Å². The molecule has 5 nitrogen and oxygen atoms in total. The van der Waals surface area contributed by atoms with Crippen LogP contribution >= 0.6 is 0 Å². The van der Waals surface area contributed by atoms with Gasteiger partial charge in [0.2, 0.25) is 0 Å². The van der Waals surface area contributed by atoms with Crippen LogP contribution in [0.5, 0.6) is 0 Å². The number of Topliss-reactive ketones (excluding diaryl/α,β-unsaturated/α-hetero) is 1. The summed E-state index contributed by atoms with van der Waals surface area (Å²) in [6.07, 6.45) is -10.7. The normalized spacial score (nSPS) is 13.1. The van der Waals surface area contributed by atoms with Crippen LogP contribution in [0.2, 0.25) is 0 Å². The highest BCUT2D eigenvalue weighted by atomic mass is 19.4. The summed E-state index contributed by atoms with van der Waals surface area (Å²) < 4.78 is 76.8. The van der Waals surface area contributed by atoms with E-state index in [4.69, 9.17) is 5.11 Å². The summed E-state index contributed by atoms with van der Waals surface area (Å²) in [5.41, 5.74) is -4.39. The number of rotatable bonds is 7. The highest BCUT2D eigenvalue weighted by molar-refractivity contribution is 5.97. The van der Waals surface area contributed by atoms with Crippen LogP contribution in [0.3, 0.4) is 0 Å². The van der Waals surface area contributed by atoms with Crippen molar-refractivity contribution in [1.82, 2.24) is 5.32 Å². The van der Waals surface area contributed by atoms with Gasteiger partial charge in [-0.1, -0.05) is 6.92 Å². The minimum atomic E-state index is -5.14. The zero-order chi connectivity index (χ0) is 21.0. The molecule has 0 aliphatic heterocycles. The molecule has 11 heteroatoms. The fraction of sp³-hybridized carbons (Fsp3) is 0.438. The van der Waals surface area contributed by atoms with Crippen LogP contribution in [0.1, 0.15) is 47.7 Å². The number of carboxylic acids is 1. The summed E-state index contributed by atoms with van der Waals surface area (Å²) in [5.74, 6) is -3.31. The third-order valence-corrected chi connectivity index (χ3v) is 3.56. The SMILES string of the molecule is CCC(=O)CC[C@H](NC(=O)c1cc(C(F)(F)F)cc(C(F)(F)F)c1)C(=O)O. The molecule has 1 aromatic carbocycles. The minimum Gasteiger partial charge on any atom is -0.480 e. The Balaban J connectivity index is 3.17. The number of carboxylic acid groups (broad SMARTS) is 1. The molecule has 2 N–H and O–H groups in total. The smallest absolute Gasteiger partial charge is 0.416 e. The number of aliphatic carboxylic acids is 1. The molecule has 0 aliphatic carbocycles. The topological polar surface area (TPSA) is 83.5 Å². The first-order chi connectivity index (χ1) is 12.3. The summed E-state index contributed by atoms with van der Waals surface area (Å²) in [6, 6.07) is -1.40. The van der Waals surface area contributed by atoms with Crippen molar-refractivity contribution in [3.8, 4) is 0 Å². The van der Waals surface area contributed by atoms with Gasteiger partial charge in [0.25, 0.3) is 5.91 Å². The van der Waals surface area contributed by atoms with E-state index >= 15 is 0 Å². The maximum absolute atomic E-state index is 12.8. The van der Waals surface area contributed by atoms with Crippen LogP contribution < -0.4 is 5.32 Å². The van der Waals surface area contributed by atoms with Gasteiger partial charge in [-0.2, -0.15) is 26.3 Å². The Morgan fingerprint density at radius 1 is 1.00 bits per heavy atom. The van der Waals surface area contributed by atoms with Gasteiger partial charge in [-0.3, -0.25) is 9.59 Å². The van der Waals surface area contributed by atoms with E-state index in [0.717, 1.165) is 0 Å². The van der Waals surface area contributed by atoms with Gasteiger partial charge in [0.05, 0.1) is 11.1 Å². The quantitative estimate of drug-likeness (QED) is 0.686. The van der Waals surface area contributed by atoms with Crippen LogP contribution in [0.15, 0.2) is 18.2 Å². The summed E-state index contributed by atoms with van der Waals surface area (Å²) >= 11 is 0. The zero-order valence-corrected chi connectivity index (χ0v) is 13.9. The summed E-state index contributed by atoms with van der Waals surface area (Å²) in [4.78, 5) is 34.4. The van der Waals surface area contributed by atoms with E-state index in [2.05, 4.69) is 0 Å². The average molecular weight is 399 g/mol. The molecule has 0 heterocycles. The largest absolute Gasteiger partial charge is 0.480 e. The van der Waals surface area contributed by atoms with Crippen molar-refractivity contribution in [3.63, 3.8) is 0 Å². The first-order valence-corrected chi connectivity index (χ1v) is 7.60. The maximum atomic E-state index is 12.8. The van der Waals surface area contributed by atoms with Gasteiger partial charge >= 0.3 is 18.3 Å². The number of hydrogen-bond acceptors (Lipinski definition) is 3. The van der Waals surface area contributed by atoms with Gasteiger partial charge < -0.3 is 10.4 Å². The molecule has 1 aromatic rings. The monoisotopic (exact) mass is 399 g/mol. The van der Waals surface area contributed by atoms with Gasteiger partial charge in [-0.05, 0) is 24.6 Å². The average Bonchev–Trinajstić information content (AvgIpc) is 2.55. The molecule has 150 valence electrons. The highest BCUT2D eigenvalue weighted by Gasteiger charge is 2.37. The Morgan fingerprint density at radius 3 is 1.85 bits per heavy atom. The Bertz CT molecular complexity index is 694. The van der Waals surface area contributed by atoms with E-state index in [9.17, 15) is 40.7 Å². The lowest BCUT2D eigenvalue weighted by Gasteiger charge is -2.17. The second-order valence-electron chi connectivity index (χ2n) is 5.59. The van der Waals surface area contributed by atoms with Gasteiger partial charge in [0.15, 0.2) is 0 Å². The number of nitrogens with one attached hydrogen (secondary N) is 1. The van der Waals surface area contributed by atoms with E-state index in [-0.39, 0.29) is 43.2 Å². The van der Waals surface area contributed by atoms with Crippen molar-refractivity contribution in [2.75, 3.05) is 0 Å². The standard InChI is InChI=1S/C16H15F6NO4/c1-2-11(24)3-4-12(14(26)27)23-13(25)8-5-9(15(17,18)19)7-10(6-8)16(20,21)22/h5-7,12H,2-4H2,1H3,(H,23,25)(H,26,27)/t12-/m0/s1. The van der Waals surface area contributed by atoms with Crippen molar-refractivity contribution >= 4 is 17.7 Å². The third kappa shape index (κ3) is 6.57. The Labute approximate surface area is 149 Å². The molecule has 1 rings (SSSR count). The van der Waals surface area contributed by atoms with Crippen molar-refractivity contribution in [1.29, 1.82) is 0 Å². The number of ketones is 1. The predicted molar refractivity (Wildman–Crippen MR) is 79.9 cm³/mol. The van der Waals surface area contributed by atoms with Crippen molar-refractivity contribution in [2.24, 2.45) is 0 Å². The van der Waals surface area contributed by atoms with Gasteiger partial charge in [0.1, 0.15) is 11.8 Å². The number of carbonyl (C=O) groups is 3. The van der Waals surface area contributed by atoms with Crippen LogP contribution in [0, 0.1) is 0 Å². The summed E-state index contributed by atoms with van der Waals surface area (Å²) in [6.45, 7) is 1.53. The molecule has 0 saturated carbocycles. The third-order valence-electron chi connectivity index (χ3n) is 3.56. The Kier molecular flexibility index (Phi) is 6.99. The van der Waals surface area contributed by atoms with Gasteiger partial charge in [-0.15, -0.1) is 0 Å². The van der Waals surface area contributed by atoms with E-state index in [0.29, 0.717) is 0 Å². The predicted octanol–water partition coefficient (Wildman–Crippen LogP) is 3.67. The summed E-state index contributed by atoms with van der Waals surface area (Å²) in [5, 5.41) is 10.9. The molecule has 1 atom stereocenters. The fourth-order valence-corrected chi connectivity index (χ4v) is 2.07. The molecular weight excluding hydrogens is 384 g/mol. The zero-order valence-electron chi connectivity index (χ0n) is 13.9. The molecule has 0 bridgehead atoms. The molecule has 0 aliphatic rings. The Hall–Kier alpha value is -2.59. The number of amides is 1. The molecule has 0 aromatic heterocycles. The first kappa shape index (κ1) is 22.5. The lowest BCUT2D eigenvalue weighted by atomic mass is 10.0. The number of halogens is 6. The van der Waals surface area contributed by atoms with Crippen LogP contribution in [0.4, 0.5) is 26.3 Å². The molecule has 27 heavy (non-hydrogen) atoms. The number of benzene rings is 1. The van der Waals surface area contributed by atoms with E-state index in [1.54, 1.807) is 0 Å². The lowest BCUT2D eigenvalue weighted by Crippen LogP contribution is -2.41. The van der Waals surface area contributed by atoms with E-state index in [1.807, 2.05) is 5.32 Å². The lowest BCUT2D eigenvalue weighted by molar-refractivity contribution is -0.143. The molecular formula is C16H15F6NO4. The second kappa shape index (κ2) is 8.40. The number of hydrogen-bond donors (Lipinski definition) is 2. The first-order valence-electron chi connectivity index (χ1n) is 7.60. The van der Waals surface area contributed by atoms with Gasteiger partial charge in [0, 0.05) is 18.4 Å². The highest BCUT2D eigenvalue weighted by Crippen LogP contribution is 2.36. The fourth-order valence-electron chi connectivity index (χ4n) is 2.07. The van der Waals surface area contributed by atoms with Crippen LogP contribution in [-0.2, 0) is 21.9 Å². The molecule has 0 fully saturated rings. The molecule has 0 unspecified atom stereocenters. The maximum Gasteiger partial charge on any atom is 0.416 e. The summed E-state index contributed by atoms with van der Waals surface area (Å²) in [7, 11) is 0. The Morgan fingerprint density at radius 2 is 1.48 bits per heavy atom. The molecule has 0 radical (unpaired) electrons. The molecule has 1 amide bonds. The number of alkyl halides is 6. The number of carbonyl (C=O) groups excluding carboxylic acids is 2.